The van der Waals surface area contributed by atoms with Crippen LogP contribution in [-0.2, 0) is 9.59 Å². The summed E-state index contributed by atoms with van der Waals surface area (Å²) < 4.78 is 0. The van der Waals surface area contributed by atoms with E-state index in [4.69, 9.17) is 11.6 Å². The summed E-state index contributed by atoms with van der Waals surface area (Å²) in [5, 5.41) is 2.82. The second-order valence-electron chi connectivity index (χ2n) is 5.79. The minimum Gasteiger partial charge on any atom is -0.340 e. The van der Waals surface area contributed by atoms with Gasteiger partial charge in [-0.2, -0.15) is 0 Å². The number of amides is 2. The average molecular weight is 271 g/mol. The first-order valence-electron chi connectivity index (χ1n) is 6.26. The number of nitrogens with zero attached hydrogens (tertiary/aromatic N) is 1. The van der Waals surface area contributed by atoms with Crippen LogP contribution < -0.4 is 5.32 Å². The standard InChI is InChI=1S/C13H19ClN2O2/c1-8(6-14)7-16-10(9-4-5-9)11(17)15-13(2,3)12(16)18/h6,9-10H,4-5,7H2,1-3H3,(H,15,17). The summed E-state index contributed by atoms with van der Waals surface area (Å²) in [5.74, 6) is 0.245. The second-order valence-corrected chi connectivity index (χ2v) is 6.00. The van der Waals surface area contributed by atoms with Crippen LogP contribution in [0.4, 0.5) is 0 Å². The minimum atomic E-state index is -0.824. The van der Waals surface area contributed by atoms with Crippen LogP contribution in [0, 0.1) is 5.92 Å². The molecular weight excluding hydrogens is 252 g/mol. The quantitative estimate of drug-likeness (QED) is 0.848. The van der Waals surface area contributed by atoms with E-state index in [-0.39, 0.29) is 17.9 Å². The molecule has 1 aliphatic heterocycles. The Bertz CT molecular complexity index is 413. The van der Waals surface area contributed by atoms with Crippen molar-refractivity contribution >= 4 is 23.4 Å². The van der Waals surface area contributed by atoms with Gasteiger partial charge in [0, 0.05) is 12.1 Å². The number of carbonyl (C=O) groups excluding carboxylic acids is 2. The van der Waals surface area contributed by atoms with Crippen molar-refractivity contribution in [2.24, 2.45) is 5.92 Å². The van der Waals surface area contributed by atoms with Crippen LogP contribution in [0.25, 0.3) is 0 Å². The number of hydrogen-bond donors (Lipinski definition) is 1. The Labute approximate surface area is 112 Å². The van der Waals surface area contributed by atoms with Crippen LogP contribution in [0.15, 0.2) is 11.1 Å². The Hall–Kier alpha value is -1.03. The Balaban J connectivity index is 2.27. The van der Waals surface area contributed by atoms with E-state index in [0.29, 0.717) is 12.5 Å². The van der Waals surface area contributed by atoms with Gasteiger partial charge in [-0.3, -0.25) is 9.59 Å². The van der Waals surface area contributed by atoms with Crippen molar-refractivity contribution in [2.75, 3.05) is 6.54 Å². The molecule has 100 valence electrons. The first-order chi connectivity index (χ1) is 8.36. The van der Waals surface area contributed by atoms with Crippen molar-refractivity contribution in [1.82, 2.24) is 10.2 Å². The van der Waals surface area contributed by atoms with Gasteiger partial charge in [0.1, 0.15) is 11.6 Å². The lowest BCUT2D eigenvalue weighted by atomic mass is 9.94. The monoisotopic (exact) mass is 270 g/mol. The maximum atomic E-state index is 12.4. The first kappa shape index (κ1) is 13.4. The number of carbonyl (C=O) groups is 2. The van der Waals surface area contributed by atoms with E-state index in [0.717, 1.165) is 18.4 Å². The molecule has 0 spiro atoms. The number of halogens is 1. The highest BCUT2D eigenvalue weighted by Crippen LogP contribution is 2.38. The van der Waals surface area contributed by atoms with Gasteiger partial charge < -0.3 is 10.2 Å². The Morgan fingerprint density at radius 2 is 2.11 bits per heavy atom. The maximum Gasteiger partial charge on any atom is 0.248 e. The van der Waals surface area contributed by atoms with Gasteiger partial charge in [-0.05, 0) is 45.1 Å². The zero-order valence-corrected chi connectivity index (χ0v) is 11.8. The largest absolute Gasteiger partial charge is 0.340 e. The van der Waals surface area contributed by atoms with Gasteiger partial charge in [0.2, 0.25) is 11.8 Å². The number of nitrogens with one attached hydrogen (secondary N) is 1. The summed E-state index contributed by atoms with van der Waals surface area (Å²) in [6.45, 7) is 5.77. The molecule has 18 heavy (non-hydrogen) atoms. The van der Waals surface area contributed by atoms with E-state index in [1.54, 1.807) is 18.7 Å². The first-order valence-corrected chi connectivity index (χ1v) is 6.69. The zero-order valence-electron chi connectivity index (χ0n) is 11.0. The van der Waals surface area contributed by atoms with Crippen LogP contribution in [0.5, 0.6) is 0 Å². The van der Waals surface area contributed by atoms with Gasteiger partial charge in [-0.15, -0.1) is 0 Å². The summed E-state index contributed by atoms with van der Waals surface area (Å²) in [6, 6.07) is -0.322. The van der Waals surface area contributed by atoms with Crippen molar-refractivity contribution in [1.29, 1.82) is 0 Å². The smallest absolute Gasteiger partial charge is 0.248 e. The molecular formula is C13H19ClN2O2. The highest BCUT2D eigenvalue weighted by Gasteiger charge is 2.50. The normalized spacial score (nSPS) is 28.3. The lowest BCUT2D eigenvalue weighted by molar-refractivity contribution is -0.153. The predicted molar refractivity (Wildman–Crippen MR) is 70.1 cm³/mol. The van der Waals surface area contributed by atoms with E-state index in [1.807, 2.05) is 6.92 Å². The van der Waals surface area contributed by atoms with Gasteiger partial charge in [0.15, 0.2) is 0 Å². The molecule has 5 heteroatoms. The summed E-state index contributed by atoms with van der Waals surface area (Å²) in [6.07, 6.45) is 2.04. The van der Waals surface area contributed by atoms with Gasteiger partial charge in [0.05, 0.1) is 0 Å². The molecule has 2 aliphatic rings. The molecule has 0 aromatic rings. The Morgan fingerprint density at radius 3 is 2.61 bits per heavy atom. The summed E-state index contributed by atoms with van der Waals surface area (Å²) >= 11 is 5.67. The zero-order chi connectivity index (χ0) is 13.5. The average Bonchev–Trinajstić information content (AvgIpc) is 3.08. The van der Waals surface area contributed by atoms with Crippen molar-refractivity contribution < 1.29 is 9.59 Å². The third-order valence-electron chi connectivity index (χ3n) is 3.51. The maximum absolute atomic E-state index is 12.4. The van der Waals surface area contributed by atoms with Crippen molar-refractivity contribution in [3.8, 4) is 0 Å². The van der Waals surface area contributed by atoms with E-state index in [9.17, 15) is 9.59 Å². The fourth-order valence-corrected chi connectivity index (χ4v) is 2.49. The lowest BCUT2D eigenvalue weighted by Gasteiger charge is -2.43. The molecule has 1 heterocycles. The molecule has 2 fully saturated rings. The van der Waals surface area contributed by atoms with Crippen LogP contribution >= 0.6 is 11.6 Å². The topological polar surface area (TPSA) is 49.4 Å². The Morgan fingerprint density at radius 1 is 1.50 bits per heavy atom. The van der Waals surface area contributed by atoms with Crippen molar-refractivity contribution in [3.05, 3.63) is 11.1 Å². The third-order valence-corrected chi connectivity index (χ3v) is 3.88. The number of hydrogen-bond acceptors (Lipinski definition) is 2. The van der Waals surface area contributed by atoms with Gasteiger partial charge in [-0.1, -0.05) is 11.6 Å². The molecule has 1 saturated heterocycles. The molecule has 0 aromatic carbocycles. The van der Waals surface area contributed by atoms with E-state index < -0.39 is 5.54 Å². The highest BCUT2D eigenvalue weighted by molar-refractivity contribution is 6.25. The highest BCUT2D eigenvalue weighted by atomic mass is 35.5. The summed E-state index contributed by atoms with van der Waals surface area (Å²) in [5.41, 5.74) is 1.53. The summed E-state index contributed by atoms with van der Waals surface area (Å²) in [7, 11) is 0. The molecule has 0 bridgehead atoms. The molecule has 1 N–H and O–H groups in total. The van der Waals surface area contributed by atoms with Gasteiger partial charge in [-0.25, -0.2) is 0 Å². The van der Waals surface area contributed by atoms with Crippen LogP contribution in [0.2, 0.25) is 0 Å². The predicted octanol–water partition coefficient (Wildman–Crippen LogP) is 1.64. The van der Waals surface area contributed by atoms with E-state index >= 15 is 0 Å². The van der Waals surface area contributed by atoms with Crippen LogP contribution in [-0.4, -0.2) is 34.8 Å². The van der Waals surface area contributed by atoms with Crippen LogP contribution in [0.1, 0.15) is 33.6 Å². The molecule has 1 saturated carbocycles. The molecule has 2 rings (SSSR count). The van der Waals surface area contributed by atoms with Gasteiger partial charge >= 0.3 is 0 Å². The van der Waals surface area contributed by atoms with Crippen molar-refractivity contribution in [2.45, 2.75) is 45.2 Å². The third kappa shape index (κ3) is 2.39. The summed E-state index contributed by atoms with van der Waals surface area (Å²) in [4.78, 5) is 26.3. The molecule has 4 nitrogen and oxygen atoms in total. The van der Waals surface area contributed by atoms with Gasteiger partial charge in [0.25, 0.3) is 0 Å². The molecule has 1 atom stereocenters. The van der Waals surface area contributed by atoms with Crippen LogP contribution in [0.3, 0.4) is 0 Å². The minimum absolute atomic E-state index is 0.0307. The van der Waals surface area contributed by atoms with E-state index in [2.05, 4.69) is 5.32 Å². The molecule has 2 amide bonds. The van der Waals surface area contributed by atoms with E-state index in [1.165, 1.54) is 5.54 Å². The lowest BCUT2D eigenvalue weighted by Crippen LogP contribution is -2.68. The SMILES string of the molecule is CC(=CCl)CN1C(=O)C(C)(C)NC(=O)C1C1CC1. The molecule has 1 unspecified atom stereocenters. The van der Waals surface area contributed by atoms with Crippen molar-refractivity contribution in [3.63, 3.8) is 0 Å². The number of rotatable bonds is 3. The number of piperazine rings is 1. The molecule has 0 aromatic heterocycles. The molecule has 1 aliphatic carbocycles. The second kappa shape index (κ2) is 4.57. The fraction of sp³-hybridized carbons (Fsp3) is 0.692. The fourth-order valence-electron chi connectivity index (χ4n) is 2.42. The molecule has 0 radical (unpaired) electrons. The Kier molecular flexibility index (Phi) is 3.41.